The van der Waals surface area contributed by atoms with Crippen LogP contribution in [0.5, 0.6) is 0 Å². The number of hydrogen-bond acceptors (Lipinski definition) is 4. The minimum atomic E-state index is -0.876. The highest BCUT2D eigenvalue weighted by Gasteiger charge is 2.12. The van der Waals surface area contributed by atoms with E-state index in [0.717, 1.165) is 5.56 Å². The molecule has 116 valence electrons. The fraction of sp³-hybridized carbons (Fsp3) is 0.267. The lowest BCUT2D eigenvalue weighted by Crippen LogP contribution is -2.19. The number of nitrogens with one attached hydrogen (secondary N) is 2. The molecule has 7 heteroatoms. The van der Waals surface area contributed by atoms with Gasteiger partial charge in [0.2, 0.25) is 0 Å². The highest BCUT2D eigenvalue weighted by atomic mass is 16.4. The fourth-order valence-corrected chi connectivity index (χ4v) is 1.98. The first-order valence-corrected chi connectivity index (χ1v) is 6.77. The van der Waals surface area contributed by atoms with E-state index in [9.17, 15) is 9.59 Å². The molecule has 0 radical (unpaired) electrons. The third-order valence-corrected chi connectivity index (χ3v) is 3.11. The number of H-pyrrole nitrogens is 1. The topological polar surface area (TPSA) is 108 Å². The van der Waals surface area contributed by atoms with Gasteiger partial charge in [-0.05, 0) is 32.0 Å². The van der Waals surface area contributed by atoms with Gasteiger partial charge < -0.3 is 14.5 Å². The summed E-state index contributed by atoms with van der Waals surface area (Å²) in [6, 6.07) is 5.12. The first kappa shape index (κ1) is 15.6. The van der Waals surface area contributed by atoms with Crippen molar-refractivity contribution in [1.29, 1.82) is 0 Å². The zero-order valence-corrected chi connectivity index (χ0v) is 12.3. The van der Waals surface area contributed by atoms with Gasteiger partial charge in [0.15, 0.2) is 0 Å². The SMILES string of the molecule is C/C(=N/NC(=O)c1ccc[nH]1)c1cc(CCC(=O)O)oc1C. The molecule has 0 aromatic carbocycles. The molecule has 0 fully saturated rings. The van der Waals surface area contributed by atoms with Gasteiger partial charge in [-0.1, -0.05) is 0 Å². The van der Waals surface area contributed by atoms with Crippen LogP contribution in [0.3, 0.4) is 0 Å². The Kier molecular flexibility index (Phi) is 4.77. The lowest BCUT2D eigenvalue weighted by molar-refractivity contribution is -0.137. The van der Waals surface area contributed by atoms with Crippen LogP contribution in [0.15, 0.2) is 33.9 Å². The van der Waals surface area contributed by atoms with Crippen molar-refractivity contribution in [3.8, 4) is 0 Å². The maximum atomic E-state index is 11.8. The molecule has 0 aliphatic rings. The van der Waals surface area contributed by atoms with Gasteiger partial charge in [0, 0.05) is 18.2 Å². The first-order valence-electron chi connectivity index (χ1n) is 6.77. The second-order valence-corrected chi connectivity index (χ2v) is 4.80. The van der Waals surface area contributed by atoms with Crippen LogP contribution in [0.2, 0.25) is 0 Å². The van der Waals surface area contributed by atoms with E-state index < -0.39 is 5.97 Å². The van der Waals surface area contributed by atoms with Gasteiger partial charge in [0.1, 0.15) is 17.2 Å². The summed E-state index contributed by atoms with van der Waals surface area (Å²) < 4.78 is 5.50. The number of rotatable bonds is 6. The average molecular weight is 303 g/mol. The van der Waals surface area contributed by atoms with Gasteiger partial charge in [-0.3, -0.25) is 9.59 Å². The second kappa shape index (κ2) is 6.75. The standard InChI is InChI=1S/C15H17N3O4/c1-9(17-18-15(21)13-4-3-7-16-13)12-8-11(22-10(12)2)5-6-14(19)20/h3-4,7-8,16H,5-6H2,1-2H3,(H,18,21)(H,19,20)/b17-9-. The summed E-state index contributed by atoms with van der Waals surface area (Å²) >= 11 is 0. The number of hydrazone groups is 1. The maximum Gasteiger partial charge on any atom is 0.303 e. The fourth-order valence-electron chi connectivity index (χ4n) is 1.98. The molecule has 7 nitrogen and oxygen atoms in total. The van der Waals surface area contributed by atoms with E-state index in [0.29, 0.717) is 29.3 Å². The van der Waals surface area contributed by atoms with Crippen molar-refractivity contribution >= 4 is 17.6 Å². The quantitative estimate of drug-likeness (QED) is 0.561. The summed E-state index contributed by atoms with van der Waals surface area (Å²) in [5.41, 5.74) is 4.20. The predicted molar refractivity (Wildman–Crippen MR) is 79.9 cm³/mol. The number of aryl methyl sites for hydroxylation is 2. The molecule has 0 saturated carbocycles. The monoisotopic (exact) mass is 303 g/mol. The number of hydrogen-bond donors (Lipinski definition) is 3. The van der Waals surface area contributed by atoms with Crippen LogP contribution in [0.1, 0.15) is 40.9 Å². The third kappa shape index (κ3) is 3.85. The van der Waals surface area contributed by atoms with Gasteiger partial charge in [-0.2, -0.15) is 5.10 Å². The lowest BCUT2D eigenvalue weighted by Gasteiger charge is -2.00. The predicted octanol–water partition coefficient (Wildman–Crippen LogP) is 2.09. The number of furan rings is 1. The van der Waals surface area contributed by atoms with Crippen molar-refractivity contribution in [2.24, 2.45) is 5.10 Å². The summed E-state index contributed by atoms with van der Waals surface area (Å²) in [6.45, 7) is 3.51. The molecule has 0 saturated heterocycles. The molecule has 0 aliphatic heterocycles. The van der Waals surface area contributed by atoms with Crippen molar-refractivity contribution in [1.82, 2.24) is 10.4 Å². The molecule has 0 aliphatic carbocycles. The lowest BCUT2D eigenvalue weighted by atomic mass is 10.1. The number of aromatic amines is 1. The number of carboxylic acid groups (broad SMARTS) is 1. The highest BCUT2D eigenvalue weighted by Crippen LogP contribution is 2.17. The molecule has 0 bridgehead atoms. The van der Waals surface area contributed by atoms with E-state index in [1.54, 1.807) is 38.2 Å². The van der Waals surface area contributed by atoms with Crippen molar-refractivity contribution < 1.29 is 19.1 Å². The zero-order valence-electron chi connectivity index (χ0n) is 12.3. The molecule has 2 heterocycles. The molecular weight excluding hydrogens is 286 g/mol. The third-order valence-electron chi connectivity index (χ3n) is 3.11. The van der Waals surface area contributed by atoms with Crippen molar-refractivity contribution in [3.05, 3.63) is 47.2 Å². The number of aromatic nitrogens is 1. The molecule has 1 amide bonds. The van der Waals surface area contributed by atoms with E-state index in [2.05, 4.69) is 15.5 Å². The number of carbonyl (C=O) groups excluding carboxylic acids is 1. The summed E-state index contributed by atoms with van der Waals surface area (Å²) in [5, 5.41) is 12.7. The zero-order chi connectivity index (χ0) is 16.1. The van der Waals surface area contributed by atoms with E-state index in [-0.39, 0.29) is 12.3 Å². The van der Waals surface area contributed by atoms with Gasteiger partial charge in [0.25, 0.3) is 5.91 Å². The molecule has 0 atom stereocenters. The molecule has 3 N–H and O–H groups in total. The summed E-state index contributed by atoms with van der Waals surface area (Å²) in [7, 11) is 0. The average Bonchev–Trinajstić information content (AvgIpc) is 3.11. The van der Waals surface area contributed by atoms with Crippen molar-refractivity contribution in [3.63, 3.8) is 0 Å². The molecule has 2 aromatic rings. The number of carboxylic acids is 1. The van der Waals surface area contributed by atoms with Crippen molar-refractivity contribution in [2.45, 2.75) is 26.7 Å². The van der Waals surface area contributed by atoms with Crippen LogP contribution in [0, 0.1) is 6.92 Å². The Bertz CT molecular complexity index is 698. The summed E-state index contributed by atoms with van der Waals surface area (Å²) in [4.78, 5) is 25.1. The number of amides is 1. The molecule has 0 spiro atoms. The van der Waals surface area contributed by atoms with Crippen LogP contribution < -0.4 is 5.43 Å². The Labute approximate surface area is 127 Å². The largest absolute Gasteiger partial charge is 0.481 e. The van der Waals surface area contributed by atoms with Crippen molar-refractivity contribution in [2.75, 3.05) is 0 Å². The highest BCUT2D eigenvalue weighted by molar-refractivity contribution is 6.01. The van der Waals surface area contributed by atoms with Crippen LogP contribution in [-0.2, 0) is 11.2 Å². The summed E-state index contributed by atoms with van der Waals surface area (Å²) in [6.07, 6.45) is 1.98. The van der Waals surface area contributed by atoms with Gasteiger partial charge in [-0.25, -0.2) is 5.43 Å². The van der Waals surface area contributed by atoms with E-state index >= 15 is 0 Å². The van der Waals surface area contributed by atoms with E-state index in [4.69, 9.17) is 9.52 Å². The van der Waals surface area contributed by atoms with Crippen LogP contribution >= 0.6 is 0 Å². The Balaban J connectivity index is 2.05. The Morgan fingerprint density at radius 1 is 1.45 bits per heavy atom. The van der Waals surface area contributed by atoms with Gasteiger partial charge in [-0.15, -0.1) is 0 Å². The number of aliphatic carboxylic acids is 1. The minimum Gasteiger partial charge on any atom is -0.481 e. The van der Waals surface area contributed by atoms with Gasteiger partial charge >= 0.3 is 5.97 Å². The minimum absolute atomic E-state index is 0.00610. The Hall–Kier alpha value is -2.83. The molecular formula is C15H17N3O4. The normalized spacial score (nSPS) is 11.5. The molecule has 0 unspecified atom stereocenters. The Morgan fingerprint density at radius 2 is 2.23 bits per heavy atom. The molecule has 22 heavy (non-hydrogen) atoms. The molecule has 2 aromatic heterocycles. The number of nitrogens with zero attached hydrogens (tertiary/aromatic N) is 1. The van der Waals surface area contributed by atoms with Gasteiger partial charge in [0.05, 0.1) is 12.1 Å². The van der Waals surface area contributed by atoms with E-state index in [1.165, 1.54) is 0 Å². The second-order valence-electron chi connectivity index (χ2n) is 4.80. The first-order chi connectivity index (χ1) is 10.5. The summed E-state index contributed by atoms with van der Waals surface area (Å²) in [5.74, 6) is 0.00621. The maximum absolute atomic E-state index is 11.8. The molecule has 2 rings (SSSR count). The van der Waals surface area contributed by atoms with Crippen LogP contribution in [0.4, 0.5) is 0 Å². The van der Waals surface area contributed by atoms with E-state index in [1.807, 2.05) is 0 Å². The van der Waals surface area contributed by atoms with Crippen LogP contribution in [-0.4, -0.2) is 27.7 Å². The van der Waals surface area contributed by atoms with Crippen LogP contribution in [0.25, 0.3) is 0 Å². The smallest absolute Gasteiger partial charge is 0.303 e. The number of carbonyl (C=O) groups is 2. The Morgan fingerprint density at radius 3 is 2.86 bits per heavy atom.